The number of rotatable bonds is 4. The Kier molecular flexibility index (Phi) is 3.99. The first-order chi connectivity index (χ1) is 12.0. The molecule has 2 aromatic carbocycles. The van der Waals surface area contributed by atoms with Crippen LogP contribution in [0, 0.1) is 6.92 Å². The Morgan fingerprint density at radius 2 is 2.00 bits per heavy atom. The Morgan fingerprint density at radius 3 is 2.76 bits per heavy atom. The molecule has 0 fully saturated rings. The monoisotopic (exact) mass is 336 g/mol. The molecule has 4 rings (SSSR count). The van der Waals surface area contributed by atoms with E-state index in [0.717, 1.165) is 25.4 Å². The van der Waals surface area contributed by atoms with Gasteiger partial charge in [0.2, 0.25) is 0 Å². The van der Waals surface area contributed by atoms with Crippen LogP contribution in [0.25, 0.3) is 0 Å². The molecule has 2 unspecified atom stereocenters. The van der Waals surface area contributed by atoms with Gasteiger partial charge in [-0.05, 0) is 24.1 Å². The molecule has 0 aliphatic carbocycles. The van der Waals surface area contributed by atoms with Gasteiger partial charge in [-0.3, -0.25) is 0 Å². The van der Waals surface area contributed by atoms with Crippen LogP contribution in [0.4, 0.5) is 5.69 Å². The maximum Gasteiger partial charge on any atom is 0.129 e. The summed E-state index contributed by atoms with van der Waals surface area (Å²) in [6.07, 6.45) is 0.195. The summed E-state index contributed by atoms with van der Waals surface area (Å²) >= 11 is 0. The predicted octanol–water partition coefficient (Wildman–Crippen LogP) is 4.35. The molecule has 0 amide bonds. The smallest absolute Gasteiger partial charge is 0.129 e. The molecule has 2 aromatic rings. The minimum Gasteiger partial charge on any atom is -0.488 e. The van der Waals surface area contributed by atoms with Crippen LogP contribution < -0.4 is 15.4 Å². The molecule has 0 bridgehead atoms. The molecule has 25 heavy (non-hydrogen) atoms. The summed E-state index contributed by atoms with van der Waals surface area (Å²) in [6.45, 7) is 11.8. The normalized spacial score (nSPS) is 22.9. The number of aryl methyl sites for hydroxylation is 1. The summed E-state index contributed by atoms with van der Waals surface area (Å²) in [5, 5.41) is 7.16. The summed E-state index contributed by atoms with van der Waals surface area (Å²) in [5.74, 6) is 1.55. The third-order valence-electron chi connectivity index (χ3n) is 5.72. The lowest BCUT2D eigenvalue weighted by Gasteiger charge is -2.21. The highest BCUT2D eigenvalue weighted by atomic mass is 16.5. The van der Waals surface area contributed by atoms with E-state index in [-0.39, 0.29) is 11.5 Å². The van der Waals surface area contributed by atoms with Crippen LogP contribution in [0.1, 0.15) is 48.9 Å². The molecule has 2 atom stereocenters. The van der Waals surface area contributed by atoms with Crippen molar-refractivity contribution in [3.05, 3.63) is 58.7 Å². The lowest BCUT2D eigenvalue weighted by molar-refractivity contribution is 0.203. The van der Waals surface area contributed by atoms with Crippen LogP contribution in [-0.2, 0) is 12.0 Å². The van der Waals surface area contributed by atoms with E-state index in [1.54, 1.807) is 0 Å². The van der Waals surface area contributed by atoms with E-state index in [4.69, 9.17) is 4.74 Å². The zero-order valence-corrected chi connectivity index (χ0v) is 15.6. The third kappa shape index (κ3) is 2.81. The first kappa shape index (κ1) is 16.5. The first-order valence-electron chi connectivity index (χ1n) is 9.30. The molecule has 132 valence electrons. The number of hydrogen-bond acceptors (Lipinski definition) is 3. The van der Waals surface area contributed by atoms with Crippen molar-refractivity contribution in [2.24, 2.45) is 0 Å². The van der Waals surface area contributed by atoms with E-state index in [9.17, 15) is 0 Å². The topological polar surface area (TPSA) is 33.3 Å². The van der Waals surface area contributed by atoms with Crippen LogP contribution in [-0.4, -0.2) is 19.2 Å². The number of benzene rings is 2. The molecule has 3 heteroatoms. The number of anilines is 1. The molecule has 0 saturated heterocycles. The highest BCUT2D eigenvalue weighted by Crippen LogP contribution is 2.51. The molecule has 0 spiro atoms. The summed E-state index contributed by atoms with van der Waals surface area (Å²) in [7, 11) is 0. The summed E-state index contributed by atoms with van der Waals surface area (Å²) in [4.78, 5) is 0. The molecule has 2 N–H and O–H groups in total. The van der Waals surface area contributed by atoms with Gasteiger partial charge in [-0.1, -0.05) is 51.1 Å². The van der Waals surface area contributed by atoms with Crippen LogP contribution in [0.2, 0.25) is 0 Å². The summed E-state index contributed by atoms with van der Waals surface area (Å²) in [5.41, 5.74) is 6.81. The summed E-state index contributed by atoms with van der Waals surface area (Å²) < 4.78 is 6.49. The highest BCUT2D eigenvalue weighted by molar-refractivity contribution is 5.72. The van der Waals surface area contributed by atoms with Crippen LogP contribution >= 0.6 is 0 Å². The molecule has 2 aliphatic rings. The van der Waals surface area contributed by atoms with E-state index in [1.165, 1.54) is 27.9 Å². The van der Waals surface area contributed by atoms with Gasteiger partial charge in [0, 0.05) is 47.8 Å². The Morgan fingerprint density at radius 1 is 1.24 bits per heavy atom. The molecule has 0 saturated carbocycles. The Balaban J connectivity index is 1.53. The maximum absolute atomic E-state index is 6.49. The van der Waals surface area contributed by atoms with Gasteiger partial charge in [-0.2, -0.15) is 0 Å². The predicted molar refractivity (Wildman–Crippen MR) is 104 cm³/mol. The van der Waals surface area contributed by atoms with Gasteiger partial charge in [0.15, 0.2) is 0 Å². The number of hydrogen-bond donors (Lipinski definition) is 2. The second-order valence-corrected chi connectivity index (χ2v) is 8.16. The fraction of sp³-hybridized carbons (Fsp3) is 0.455. The fourth-order valence-corrected chi connectivity index (χ4v) is 4.19. The van der Waals surface area contributed by atoms with Gasteiger partial charge in [-0.15, -0.1) is 0 Å². The quantitative estimate of drug-likeness (QED) is 0.871. The minimum absolute atomic E-state index is 0.123. The number of fused-ring (bicyclic) bond motifs is 3. The largest absolute Gasteiger partial charge is 0.488 e. The van der Waals surface area contributed by atoms with E-state index in [2.05, 4.69) is 74.7 Å². The molecule has 0 radical (unpaired) electrons. The standard InChI is InChI=1S/C22H28N2O/c1-14-10-17-15(2)18(12-23-11-16-8-6-5-7-9-16)25-21(17)19-20(14)24-13-22(19,3)4/h5-10,15,18,23-24H,11-13H2,1-4H3. The molecule has 0 aromatic heterocycles. The van der Waals surface area contributed by atoms with Crippen molar-refractivity contribution in [3.8, 4) is 5.75 Å². The molecular weight excluding hydrogens is 308 g/mol. The Labute approximate surface area is 150 Å². The second-order valence-electron chi connectivity index (χ2n) is 8.16. The molecule has 3 nitrogen and oxygen atoms in total. The molecule has 2 aliphatic heterocycles. The zero-order valence-electron chi connectivity index (χ0n) is 15.6. The lowest BCUT2D eigenvalue weighted by Crippen LogP contribution is -2.31. The molecular formula is C22H28N2O. The molecule has 2 heterocycles. The highest BCUT2D eigenvalue weighted by Gasteiger charge is 2.41. The van der Waals surface area contributed by atoms with Crippen LogP contribution in [0.15, 0.2) is 36.4 Å². The number of nitrogens with one attached hydrogen (secondary N) is 2. The minimum atomic E-state index is 0.123. The van der Waals surface area contributed by atoms with E-state index < -0.39 is 0 Å². The Bertz CT molecular complexity index is 782. The first-order valence-corrected chi connectivity index (χ1v) is 9.30. The van der Waals surface area contributed by atoms with Crippen molar-refractivity contribution in [2.45, 2.75) is 51.7 Å². The summed E-state index contributed by atoms with van der Waals surface area (Å²) in [6, 6.07) is 12.9. The average molecular weight is 336 g/mol. The Hall–Kier alpha value is -2.00. The van der Waals surface area contributed by atoms with Gasteiger partial charge < -0.3 is 15.4 Å². The maximum atomic E-state index is 6.49. The number of ether oxygens (including phenoxy) is 1. The van der Waals surface area contributed by atoms with E-state index >= 15 is 0 Å². The van der Waals surface area contributed by atoms with Gasteiger partial charge in [-0.25, -0.2) is 0 Å². The van der Waals surface area contributed by atoms with Gasteiger partial charge >= 0.3 is 0 Å². The van der Waals surface area contributed by atoms with Crippen molar-refractivity contribution < 1.29 is 4.74 Å². The SMILES string of the molecule is Cc1cc2c(c3c1NCC3(C)C)OC(CNCc1ccccc1)C2C. The van der Waals surface area contributed by atoms with Crippen LogP contribution in [0.5, 0.6) is 5.75 Å². The van der Waals surface area contributed by atoms with Gasteiger partial charge in [0.1, 0.15) is 11.9 Å². The van der Waals surface area contributed by atoms with Gasteiger partial charge in [0.25, 0.3) is 0 Å². The second kappa shape index (κ2) is 6.06. The van der Waals surface area contributed by atoms with Gasteiger partial charge in [0.05, 0.1) is 0 Å². The lowest BCUT2D eigenvalue weighted by atomic mass is 9.83. The van der Waals surface area contributed by atoms with Crippen molar-refractivity contribution in [3.63, 3.8) is 0 Å². The average Bonchev–Trinajstić information content (AvgIpc) is 3.07. The van der Waals surface area contributed by atoms with Crippen LogP contribution in [0.3, 0.4) is 0 Å². The van der Waals surface area contributed by atoms with Crippen molar-refractivity contribution in [1.29, 1.82) is 0 Å². The third-order valence-corrected chi connectivity index (χ3v) is 5.72. The van der Waals surface area contributed by atoms with Crippen molar-refractivity contribution in [2.75, 3.05) is 18.4 Å². The zero-order chi connectivity index (χ0) is 17.6. The fourth-order valence-electron chi connectivity index (χ4n) is 4.19. The van der Waals surface area contributed by atoms with E-state index in [1.807, 2.05) is 0 Å². The van der Waals surface area contributed by atoms with Crippen molar-refractivity contribution in [1.82, 2.24) is 5.32 Å². The van der Waals surface area contributed by atoms with Crippen molar-refractivity contribution >= 4 is 5.69 Å². The van der Waals surface area contributed by atoms with E-state index in [0.29, 0.717) is 5.92 Å².